The van der Waals surface area contributed by atoms with Crippen LogP contribution in [0, 0.1) is 6.92 Å². The summed E-state index contributed by atoms with van der Waals surface area (Å²) in [6.07, 6.45) is 8.07. The molecule has 3 aliphatic heterocycles. The third-order valence-electron chi connectivity index (χ3n) is 8.39. The van der Waals surface area contributed by atoms with Crippen LogP contribution in [-0.2, 0) is 17.8 Å². The van der Waals surface area contributed by atoms with E-state index in [-0.39, 0.29) is 11.7 Å². The summed E-state index contributed by atoms with van der Waals surface area (Å²) in [7, 11) is 2.15. The topological polar surface area (TPSA) is 86.1 Å². The van der Waals surface area contributed by atoms with Crippen LogP contribution in [0.4, 0.5) is 11.5 Å². The smallest absolute Gasteiger partial charge is 0.203 e. The molecule has 2 saturated heterocycles. The van der Waals surface area contributed by atoms with Crippen molar-refractivity contribution >= 4 is 17.5 Å². The van der Waals surface area contributed by atoms with Gasteiger partial charge in [0.25, 0.3) is 0 Å². The zero-order valence-electron chi connectivity index (χ0n) is 23.2. The molecular formula is C28H43N9O. The Morgan fingerprint density at radius 2 is 2.03 bits per heavy atom. The van der Waals surface area contributed by atoms with E-state index in [1.165, 1.54) is 37.7 Å². The van der Waals surface area contributed by atoms with Gasteiger partial charge in [0.15, 0.2) is 0 Å². The lowest BCUT2D eigenvalue weighted by Crippen LogP contribution is -2.58. The van der Waals surface area contributed by atoms with Gasteiger partial charge in [-0.05, 0) is 70.3 Å². The number of nitrogens with one attached hydrogen (secondary N) is 2. The molecular weight excluding hydrogens is 478 g/mol. The zero-order chi connectivity index (χ0) is 26.1. The van der Waals surface area contributed by atoms with E-state index in [1.54, 1.807) is 0 Å². The van der Waals surface area contributed by atoms with Crippen molar-refractivity contribution in [2.75, 3.05) is 58.3 Å². The van der Waals surface area contributed by atoms with Gasteiger partial charge in [0.2, 0.25) is 5.96 Å². The monoisotopic (exact) mass is 521 g/mol. The van der Waals surface area contributed by atoms with Crippen molar-refractivity contribution < 1.29 is 4.74 Å². The number of fused-ring (bicyclic) bond motifs is 1. The standard InChI is InChI=1S/C28H43N9O/c1-4-38-17-16-37-25-24(22(33-37)19-35-13-6-5-7-14-35)32-27(36-15-12-30-28(20-36)9-10-28)34(3)26(25)31-23-18-21(2)8-11-29-23/h8,11,18,26,30H,4-7,9-10,12-17,19-20H2,1-3H3,(H,29,31). The van der Waals surface area contributed by atoms with E-state index in [4.69, 9.17) is 14.8 Å². The van der Waals surface area contributed by atoms with Crippen LogP contribution >= 0.6 is 0 Å². The van der Waals surface area contributed by atoms with E-state index in [0.717, 1.165) is 68.1 Å². The normalized spacial score (nSPS) is 22.9. The van der Waals surface area contributed by atoms with Gasteiger partial charge in [-0.1, -0.05) is 6.42 Å². The number of aliphatic imine (C=N–C) groups is 1. The molecule has 10 heteroatoms. The first kappa shape index (κ1) is 25.6. The van der Waals surface area contributed by atoms with E-state index >= 15 is 0 Å². The minimum Gasteiger partial charge on any atom is -0.380 e. The number of likely N-dealkylation sites (tertiary alicyclic amines) is 1. The molecule has 1 aliphatic carbocycles. The SMILES string of the molecule is CCOCCn1nc(CN2CCCCC2)c2c1C(Nc1cc(C)ccn1)N(C)C(N1CCNC3(CC3)C1)=N2. The molecule has 3 fully saturated rings. The number of guanidine groups is 1. The Morgan fingerprint density at radius 3 is 2.79 bits per heavy atom. The Kier molecular flexibility index (Phi) is 7.29. The number of piperidine rings is 1. The van der Waals surface area contributed by atoms with Crippen molar-refractivity contribution in [3.8, 4) is 0 Å². The number of anilines is 1. The number of rotatable bonds is 8. The molecule has 0 amide bonds. The van der Waals surface area contributed by atoms with Gasteiger partial charge in [-0.15, -0.1) is 0 Å². The maximum atomic E-state index is 5.76. The average molecular weight is 522 g/mol. The number of pyridine rings is 1. The van der Waals surface area contributed by atoms with Crippen LogP contribution < -0.4 is 10.6 Å². The molecule has 0 radical (unpaired) electrons. The van der Waals surface area contributed by atoms with Gasteiger partial charge in [-0.25, -0.2) is 9.98 Å². The van der Waals surface area contributed by atoms with Crippen LogP contribution in [0.2, 0.25) is 0 Å². The van der Waals surface area contributed by atoms with Crippen molar-refractivity contribution in [1.82, 2.24) is 34.8 Å². The Balaban J connectivity index is 1.40. The third-order valence-corrected chi connectivity index (χ3v) is 8.39. The van der Waals surface area contributed by atoms with E-state index in [2.05, 4.69) is 55.0 Å². The van der Waals surface area contributed by atoms with Gasteiger partial charge in [0.05, 0.1) is 13.2 Å². The lowest BCUT2D eigenvalue weighted by molar-refractivity contribution is 0.134. The van der Waals surface area contributed by atoms with Crippen molar-refractivity contribution in [2.45, 2.75) is 70.7 Å². The molecule has 4 aliphatic rings. The molecule has 0 bridgehead atoms. The van der Waals surface area contributed by atoms with Gasteiger partial charge in [-0.2, -0.15) is 5.10 Å². The highest BCUT2D eigenvalue weighted by molar-refractivity contribution is 5.86. The van der Waals surface area contributed by atoms with Gasteiger partial charge < -0.3 is 25.2 Å². The molecule has 2 aromatic rings. The number of piperazine rings is 1. The molecule has 6 rings (SSSR count). The molecule has 2 N–H and O–H groups in total. The molecule has 38 heavy (non-hydrogen) atoms. The summed E-state index contributed by atoms with van der Waals surface area (Å²) < 4.78 is 7.89. The second kappa shape index (κ2) is 10.8. The first-order valence-electron chi connectivity index (χ1n) is 14.5. The number of hydrogen-bond donors (Lipinski definition) is 2. The highest BCUT2D eigenvalue weighted by Gasteiger charge is 2.47. The maximum Gasteiger partial charge on any atom is 0.203 e. The van der Waals surface area contributed by atoms with Crippen molar-refractivity contribution in [1.29, 1.82) is 0 Å². The van der Waals surface area contributed by atoms with Crippen LogP contribution in [-0.4, -0.2) is 93.9 Å². The third kappa shape index (κ3) is 5.26. The zero-order valence-corrected chi connectivity index (χ0v) is 23.2. The fourth-order valence-electron chi connectivity index (χ4n) is 6.12. The summed E-state index contributed by atoms with van der Waals surface area (Å²) in [4.78, 5) is 17.4. The minimum atomic E-state index is -0.138. The lowest BCUT2D eigenvalue weighted by atomic mass is 10.1. The minimum absolute atomic E-state index is 0.138. The van der Waals surface area contributed by atoms with Crippen LogP contribution in [0.15, 0.2) is 23.3 Å². The molecule has 1 unspecified atom stereocenters. The highest BCUT2D eigenvalue weighted by Crippen LogP contribution is 2.41. The maximum absolute atomic E-state index is 5.76. The first-order valence-corrected chi connectivity index (χ1v) is 14.5. The largest absolute Gasteiger partial charge is 0.380 e. The predicted molar refractivity (Wildman–Crippen MR) is 150 cm³/mol. The molecule has 0 aromatic carbocycles. The van der Waals surface area contributed by atoms with Crippen LogP contribution in [0.3, 0.4) is 0 Å². The number of nitrogens with zero attached hydrogens (tertiary/aromatic N) is 7. The van der Waals surface area contributed by atoms with Gasteiger partial charge in [-0.3, -0.25) is 9.58 Å². The summed E-state index contributed by atoms with van der Waals surface area (Å²) in [5.74, 6) is 1.89. The first-order chi connectivity index (χ1) is 18.5. The van der Waals surface area contributed by atoms with Crippen LogP contribution in [0.1, 0.15) is 62.1 Å². The Bertz CT molecular complexity index is 1150. The lowest BCUT2D eigenvalue weighted by Gasteiger charge is -2.43. The van der Waals surface area contributed by atoms with Crippen LogP contribution in [0.25, 0.3) is 0 Å². The fraction of sp³-hybridized carbons (Fsp3) is 0.679. The number of hydrogen-bond acceptors (Lipinski definition) is 9. The second-order valence-corrected chi connectivity index (χ2v) is 11.4. The fourth-order valence-corrected chi connectivity index (χ4v) is 6.12. The van der Waals surface area contributed by atoms with Crippen molar-refractivity contribution in [2.24, 2.45) is 4.99 Å². The second-order valence-electron chi connectivity index (χ2n) is 11.4. The summed E-state index contributed by atoms with van der Waals surface area (Å²) in [5.41, 5.74) is 4.64. The van der Waals surface area contributed by atoms with E-state index in [9.17, 15) is 0 Å². The number of aromatic nitrogens is 3. The Hall–Kier alpha value is -2.69. The molecule has 10 nitrogen and oxygen atoms in total. The summed E-state index contributed by atoms with van der Waals surface area (Å²) in [6, 6.07) is 4.14. The summed E-state index contributed by atoms with van der Waals surface area (Å²) in [6.45, 7) is 12.2. The highest BCUT2D eigenvalue weighted by atomic mass is 16.5. The molecule has 2 aromatic heterocycles. The average Bonchev–Trinajstić information content (AvgIpc) is 3.57. The van der Waals surface area contributed by atoms with Crippen molar-refractivity contribution in [3.05, 3.63) is 35.3 Å². The van der Waals surface area contributed by atoms with Crippen molar-refractivity contribution in [3.63, 3.8) is 0 Å². The van der Waals surface area contributed by atoms with Gasteiger partial charge >= 0.3 is 0 Å². The molecule has 206 valence electrons. The number of aryl methyl sites for hydroxylation is 1. The van der Waals surface area contributed by atoms with E-state index < -0.39 is 0 Å². The molecule has 1 spiro atoms. The van der Waals surface area contributed by atoms with E-state index in [1.807, 2.05) is 19.2 Å². The summed E-state index contributed by atoms with van der Waals surface area (Å²) >= 11 is 0. The molecule has 1 saturated carbocycles. The predicted octanol–water partition coefficient (Wildman–Crippen LogP) is 3.09. The van der Waals surface area contributed by atoms with E-state index in [0.29, 0.717) is 19.8 Å². The Morgan fingerprint density at radius 1 is 1.18 bits per heavy atom. The van der Waals surface area contributed by atoms with Crippen LogP contribution in [0.5, 0.6) is 0 Å². The Labute approximate surface area is 226 Å². The van der Waals surface area contributed by atoms with Gasteiger partial charge in [0.1, 0.15) is 29.1 Å². The van der Waals surface area contributed by atoms with Gasteiger partial charge in [0, 0.05) is 51.6 Å². The number of ether oxygens (including phenoxy) is 1. The summed E-state index contributed by atoms with van der Waals surface area (Å²) in [5, 5.41) is 12.7. The quantitative estimate of drug-likeness (QED) is 0.513. The molecule has 5 heterocycles. The molecule has 1 atom stereocenters.